The summed E-state index contributed by atoms with van der Waals surface area (Å²) in [6.07, 6.45) is 0. The molecule has 0 aromatic heterocycles. The molecule has 0 aliphatic carbocycles. The van der Waals surface area contributed by atoms with Crippen LogP contribution in [0.15, 0.2) is 54.6 Å². The molecule has 1 radical (unpaired) electrons. The Kier molecular flexibility index (Phi) is 8.21. The van der Waals surface area contributed by atoms with E-state index in [9.17, 15) is 0 Å². The van der Waals surface area contributed by atoms with Crippen LogP contribution in [0.5, 0.6) is 0 Å². The number of benzene rings is 2. The molecule has 0 fully saturated rings. The molecule has 3 rings (SSSR count). The van der Waals surface area contributed by atoms with Crippen LogP contribution in [0.1, 0.15) is 5.56 Å². The van der Waals surface area contributed by atoms with E-state index in [0.29, 0.717) is 0 Å². The van der Waals surface area contributed by atoms with Crippen molar-refractivity contribution in [3.05, 3.63) is 65.2 Å². The van der Waals surface area contributed by atoms with Gasteiger partial charge in [0.1, 0.15) is 0 Å². The van der Waals surface area contributed by atoms with Gasteiger partial charge in [-0.15, -0.1) is 34.5 Å². The van der Waals surface area contributed by atoms with Gasteiger partial charge in [-0.2, -0.15) is 6.07 Å². The average Bonchev–Trinajstić information content (AvgIpc) is 2.68. The smallest absolute Gasteiger partial charge is 1.00 e. The van der Waals surface area contributed by atoms with E-state index in [-0.39, 0.29) is 51.0 Å². The van der Waals surface area contributed by atoms with Crippen LogP contribution >= 0.6 is 11.6 Å². The van der Waals surface area contributed by atoms with Crippen LogP contribution in [0.3, 0.4) is 0 Å². The van der Waals surface area contributed by atoms with E-state index in [1.165, 1.54) is 27.5 Å². The van der Waals surface area contributed by atoms with Crippen molar-refractivity contribution in [3.8, 4) is 11.1 Å². The standard InChI is InChI=1S/C16H12Cl.2ClH.Zr/c1-11-8-12-5-3-7-15(16(12)9-11)13-4-2-6-14(17)10-13;;;/h2-10H,1H3;2*1H;/q-1;;;+3/p-2. The number of halogens is 3. The quantitative estimate of drug-likeness (QED) is 0.468. The van der Waals surface area contributed by atoms with Crippen molar-refractivity contribution in [1.29, 1.82) is 0 Å². The second-order valence-electron chi connectivity index (χ2n) is 4.35. The van der Waals surface area contributed by atoms with Gasteiger partial charge in [0.05, 0.1) is 0 Å². The molecule has 101 valence electrons. The van der Waals surface area contributed by atoms with Crippen molar-refractivity contribution in [3.63, 3.8) is 0 Å². The second-order valence-corrected chi connectivity index (χ2v) is 4.79. The predicted octanol–water partition coefficient (Wildman–Crippen LogP) is -0.807. The molecule has 0 atom stereocenters. The van der Waals surface area contributed by atoms with Crippen LogP contribution in [0, 0.1) is 6.92 Å². The van der Waals surface area contributed by atoms with Crippen LogP contribution in [0.2, 0.25) is 5.02 Å². The van der Waals surface area contributed by atoms with Crippen LogP contribution in [-0.2, 0) is 26.2 Å². The summed E-state index contributed by atoms with van der Waals surface area (Å²) in [4.78, 5) is 0. The summed E-state index contributed by atoms with van der Waals surface area (Å²) in [7, 11) is 0. The minimum absolute atomic E-state index is 0. The van der Waals surface area contributed by atoms with Crippen molar-refractivity contribution >= 4 is 22.4 Å². The van der Waals surface area contributed by atoms with E-state index >= 15 is 0 Å². The Bertz CT molecular complexity index is 689. The third-order valence-corrected chi connectivity index (χ3v) is 3.27. The minimum atomic E-state index is 0. The Morgan fingerprint density at radius 3 is 2.35 bits per heavy atom. The summed E-state index contributed by atoms with van der Waals surface area (Å²) in [6, 6.07) is 18.8. The van der Waals surface area contributed by atoms with Crippen molar-refractivity contribution < 1.29 is 51.0 Å². The minimum Gasteiger partial charge on any atom is -1.00 e. The molecule has 0 saturated heterocycles. The number of hydrogen-bond acceptors (Lipinski definition) is 0. The first-order valence-electron chi connectivity index (χ1n) is 5.66. The SMILES string of the molecule is Cc1cc2c(-c3cccc(Cl)c3)cccc2[cH-]1.[Cl-].[Cl-].[Zr+3]. The normalized spacial score (nSPS) is 9.30. The predicted molar refractivity (Wildman–Crippen MR) is 74.7 cm³/mol. The maximum absolute atomic E-state index is 6.05. The molecular weight excluding hydrogens is 390 g/mol. The Hall–Kier alpha value is -0.197. The van der Waals surface area contributed by atoms with Gasteiger partial charge in [-0.1, -0.05) is 42.3 Å². The largest absolute Gasteiger partial charge is 3.00 e. The number of hydrogen-bond donors (Lipinski definition) is 0. The van der Waals surface area contributed by atoms with Gasteiger partial charge in [-0.25, -0.2) is 0 Å². The van der Waals surface area contributed by atoms with Gasteiger partial charge in [0.25, 0.3) is 0 Å². The summed E-state index contributed by atoms with van der Waals surface area (Å²) in [5.74, 6) is 0. The zero-order valence-corrected chi connectivity index (χ0v) is 15.6. The molecule has 0 heterocycles. The van der Waals surface area contributed by atoms with Crippen LogP contribution in [0.4, 0.5) is 0 Å². The van der Waals surface area contributed by atoms with E-state index in [1.807, 2.05) is 18.2 Å². The van der Waals surface area contributed by atoms with Gasteiger partial charge in [-0.05, 0) is 17.7 Å². The molecular formula is C16H12Cl3Zr. The molecule has 20 heavy (non-hydrogen) atoms. The van der Waals surface area contributed by atoms with E-state index in [0.717, 1.165) is 5.02 Å². The fourth-order valence-electron chi connectivity index (χ4n) is 2.29. The van der Waals surface area contributed by atoms with E-state index in [1.54, 1.807) is 0 Å². The molecule has 3 aromatic carbocycles. The van der Waals surface area contributed by atoms with Crippen molar-refractivity contribution in [1.82, 2.24) is 0 Å². The van der Waals surface area contributed by atoms with Gasteiger partial charge in [0.15, 0.2) is 0 Å². The molecule has 3 aromatic rings. The first kappa shape index (κ1) is 19.8. The number of aryl methyl sites for hydroxylation is 1. The first-order chi connectivity index (χ1) is 8.24. The summed E-state index contributed by atoms with van der Waals surface area (Å²) in [5.41, 5.74) is 3.72. The van der Waals surface area contributed by atoms with Crippen molar-refractivity contribution in [2.75, 3.05) is 0 Å². The molecule has 0 saturated carbocycles. The molecule has 0 bridgehead atoms. The summed E-state index contributed by atoms with van der Waals surface area (Å²) >= 11 is 6.05. The molecule has 0 aliphatic rings. The van der Waals surface area contributed by atoms with Crippen LogP contribution < -0.4 is 24.8 Å². The second kappa shape index (κ2) is 8.30. The zero-order chi connectivity index (χ0) is 11.8. The summed E-state index contributed by atoms with van der Waals surface area (Å²) in [6.45, 7) is 2.13. The monoisotopic (exact) mass is 399 g/mol. The molecule has 0 N–H and O–H groups in total. The molecule has 0 aliphatic heterocycles. The number of rotatable bonds is 1. The third-order valence-electron chi connectivity index (χ3n) is 3.03. The maximum atomic E-state index is 6.05. The molecule has 0 unspecified atom stereocenters. The van der Waals surface area contributed by atoms with E-state index < -0.39 is 0 Å². The Labute approximate surface area is 155 Å². The molecule has 0 spiro atoms. The molecule has 0 nitrogen and oxygen atoms in total. The Morgan fingerprint density at radius 2 is 1.65 bits per heavy atom. The van der Waals surface area contributed by atoms with Gasteiger partial charge in [0.2, 0.25) is 0 Å². The fourth-order valence-corrected chi connectivity index (χ4v) is 2.48. The zero-order valence-electron chi connectivity index (χ0n) is 10.8. The Balaban J connectivity index is 0.00000120. The van der Waals surface area contributed by atoms with Crippen molar-refractivity contribution in [2.24, 2.45) is 0 Å². The maximum Gasteiger partial charge on any atom is 3.00 e. The van der Waals surface area contributed by atoms with Gasteiger partial charge >= 0.3 is 26.2 Å². The van der Waals surface area contributed by atoms with Gasteiger partial charge < -0.3 is 24.8 Å². The first-order valence-corrected chi connectivity index (χ1v) is 6.04. The van der Waals surface area contributed by atoms with Gasteiger partial charge in [0, 0.05) is 5.02 Å². The van der Waals surface area contributed by atoms with E-state index in [2.05, 4.69) is 43.3 Å². The topological polar surface area (TPSA) is 0 Å². The van der Waals surface area contributed by atoms with Gasteiger partial charge in [-0.3, -0.25) is 0 Å². The fraction of sp³-hybridized carbons (Fsp3) is 0.0625. The Morgan fingerprint density at radius 1 is 0.950 bits per heavy atom. The van der Waals surface area contributed by atoms with Crippen LogP contribution in [0.25, 0.3) is 21.9 Å². The summed E-state index contributed by atoms with van der Waals surface area (Å²) in [5, 5.41) is 3.37. The van der Waals surface area contributed by atoms with Crippen LogP contribution in [-0.4, -0.2) is 0 Å². The van der Waals surface area contributed by atoms with Crippen molar-refractivity contribution in [2.45, 2.75) is 6.92 Å². The average molecular weight is 402 g/mol. The third kappa shape index (κ3) is 3.92. The number of fused-ring (bicyclic) bond motifs is 1. The summed E-state index contributed by atoms with van der Waals surface area (Å²) < 4.78 is 0. The molecule has 0 amide bonds. The van der Waals surface area contributed by atoms with E-state index in [4.69, 9.17) is 11.6 Å². The molecule has 4 heteroatoms.